The van der Waals surface area contributed by atoms with Crippen LogP contribution < -0.4 is 10.1 Å². The lowest BCUT2D eigenvalue weighted by molar-refractivity contribution is -0.0730. The summed E-state index contributed by atoms with van der Waals surface area (Å²) >= 11 is 0. The van der Waals surface area contributed by atoms with Gasteiger partial charge in [-0.2, -0.15) is 5.10 Å². The van der Waals surface area contributed by atoms with Crippen LogP contribution in [0.25, 0.3) is 0 Å². The number of rotatable bonds is 5. The largest absolute Gasteiger partial charge is 0.492 e. The summed E-state index contributed by atoms with van der Waals surface area (Å²) in [6.45, 7) is 6.47. The fourth-order valence-electron chi connectivity index (χ4n) is 4.11. The number of para-hydroxylation sites is 1. The van der Waals surface area contributed by atoms with E-state index >= 15 is 0 Å². The van der Waals surface area contributed by atoms with E-state index in [0.29, 0.717) is 12.6 Å². The molecule has 2 aromatic rings. The maximum absolute atomic E-state index is 6.18. The van der Waals surface area contributed by atoms with Crippen molar-refractivity contribution < 1.29 is 9.47 Å². The van der Waals surface area contributed by atoms with Crippen molar-refractivity contribution in [1.29, 1.82) is 0 Å². The summed E-state index contributed by atoms with van der Waals surface area (Å²) in [4.78, 5) is 2.49. The Morgan fingerprint density at radius 1 is 1.27 bits per heavy atom. The van der Waals surface area contributed by atoms with Crippen LogP contribution in [-0.2, 0) is 18.2 Å². The molecule has 6 nitrogen and oxygen atoms in total. The van der Waals surface area contributed by atoms with Gasteiger partial charge in [-0.3, -0.25) is 9.58 Å². The van der Waals surface area contributed by atoms with Gasteiger partial charge in [-0.05, 0) is 30.7 Å². The highest BCUT2D eigenvalue weighted by Crippen LogP contribution is 2.29. The normalized spacial score (nSPS) is 26.3. The summed E-state index contributed by atoms with van der Waals surface area (Å²) in [5.74, 6) is 1.02. The number of aryl methyl sites for hydroxylation is 1. The van der Waals surface area contributed by atoms with Crippen molar-refractivity contribution in [3.8, 4) is 5.75 Å². The van der Waals surface area contributed by atoms with Crippen LogP contribution in [0.5, 0.6) is 5.75 Å². The second-order valence-electron chi connectivity index (χ2n) is 7.09. The molecular weight excluding hydrogens is 328 g/mol. The molecule has 1 N–H and O–H groups in total. The molecule has 0 spiro atoms. The molecule has 2 aliphatic rings. The molecule has 26 heavy (non-hydrogen) atoms. The van der Waals surface area contributed by atoms with Gasteiger partial charge < -0.3 is 14.8 Å². The van der Waals surface area contributed by atoms with Crippen LogP contribution >= 0.6 is 0 Å². The predicted molar refractivity (Wildman–Crippen MR) is 100 cm³/mol. The number of morpholine rings is 1. The summed E-state index contributed by atoms with van der Waals surface area (Å²) in [6, 6.07) is 11.0. The first-order valence-corrected chi connectivity index (χ1v) is 9.54. The number of ether oxygens (including phenoxy) is 2. The summed E-state index contributed by atoms with van der Waals surface area (Å²) < 4.78 is 14.1. The molecule has 4 rings (SSSR count). The minimum Gasteiger partial charge on any atom is -0.492 e. The number of nitrogens with zero attached hydrogens (tertiary/aromatic N) is 3. The molecule has 140 valence electrons. The first-order valence-electron chi connectivity index (χ1n) is 9.54. The van der Waals surface area contributed by atoms with Gasteiger partial charge in [0.25, 0.3) is 0 Å². The quantitative estimate of drug-likeness (QED) is 0.885. The van der Waals surface area contributed by atoms with E-state index in [1.165, 1.54) is 11.3 Å². The Labute approximate surface area is 155 Å². The summed E-state index contributed by atoms with van der Waals surface area (Å²) in [6.07, 6.45) is 2.97. The maximum atomic E-state index is 6.18. The molecule has 1 saturated heterocycles. The molecule has 1 fully saturated rings. The Kier molecular flexibility index (Phi) is 5.24. The Bertz CT molecular complexity index is 732. The van der Waals surface area contributed by atoms with E-state index in [9.17, 15) is 0 Å². The van der Waals surface area contributed by atoms with Gasteiger partial charge in [-0.25, -0.2) is 0 Å². The zero-order chi connectivity index (χ0) is 17.9. The number of aromatic nitrogens is 2. The van der Waals surface area contributed by atoms with Crippen molar-refractivity contribution >= 4 is 0 Å². The highest BCUT2D eigenvalue weighted by molar-refractivity contribution is 5.35. The smallest absolute Gasteiger partial charge is 0.122 e. The van der Waals surface area contributed by atoms with Gasteiger partial charge in [0.2, 0.25) is 0 Å². The molecular formula is C20H28N4O2. The number of likely N-dealkylation sites (N-methyl/N-ethyl adjacent to an activating group) is 1. The molecule has 1 aromatic carbocycles. The fourth-order valence-corrected chi connectivity index (χ4v) is 4.11. The third kappa shape index (κ3) is 3.49. The van der Waals surface area contributed by atoms with Crippen molar-refractivity contribution in [3.63, 3.8) is 0 Å². The van der Waals surface area contributed by atoms with Gasteiger partial charge in [-0.15, -0.1) is 0 Å². The van der Waals surface area contributed by atoms with E-state index in [0.717, 1.165) is 38.4 Å². The van der Waals surface area contributed by atoms with Gasteiger partial charge in [0.15, 0.2) is 0 Å². The first kappa shape index (κ1) is 17.5. The second-order valence-corrected chi connectivity index (χ2v) is 7.09. The van der Waals surface area contributed by atoms with E-state index in [2.05, 4.69) is 40.4 Å². The van der Waals surface area contributed by atoms with Crippen LogP contribution in [0.1, 0.15) is 24.2 Å². The molecule has 2 aliphatic heterocycles. The molecule has 6 heteroatoms. The lowest BCUT2D eigenvalue weighted by atomic mass is 10.0. The molecule has 0 amide bonds. The maximum Gasteiger partial charge on any atom is 0.122 e. The van der Waals surface area contributed by atoms with E-state index in [-0.39, 0.29) is 12.1 Å². The van der Waals surface area contributed by atoms with Crippen molar-refractivity contribution in [2.24, 2.45) is 7.05 Å². The van der Waals surface area contributed by atoms with Crippen molar-refractivity contribution in [1.82, 2.24) is 20.0 Å². The summed E-state index contributed by atoms with van der Waals surface area (Å²) in [7, 11) is 2.01. The van der Waals surface area contributed by atoms with E-state index in [1.807, 2.05) is 30.1 Å². The number of benzene rings is 1. The van der Waals surface area contributed by atoms with Crippen LogP contribution in [-0.4, -0.2) is 59.7 Å². The van der Waals surface area contributed by atoms with Gasteiger partial charge in [0.05, 0.1) is 24.4 Å². The van der Waals surface area contributed by atoms with Crippen molar-refractivity contribution in [2.75, 3.05) is 32.8 Å². The van der Waals surface area contributed by atoms with Gasteiger partial charge in [0, 0.05) is 32.4 Å². The highest BCUT2D eigenvalue weighted by Gasteiger charge is 2.35. The zero-order valence-corrected chi connectivity index (χ0v) is 15.6. The number of hydrogen-bond donors (Lipinski definition) is 1. The lowest BCUT2D eigenvalue weighted by Gasteiger charge is -2.41. The monoisotopic (exact) mass is 356 g/mol. The van der Waals surface area contributed by atoms with E-state index in [1.54, 1.807) is 0 Å². The Morgan fingerprint density at radius 2 is 2.15 bits per heavy atom. The molecule has 3 heterocycles. The van der Waals surface area contributed by atoms with E-state index in [4.69, 9.17) is 9.47 Å². The molecule has 0 bridgehead atoms. The van der Waals surface area contributed by atoms with Gasteiger partial charge >= 0.3 is 0 Å². The van der Waals surface area contributed by atoms with Gasteiger partial charge in [-0.1, -0.05) is 25.1 Å². The standard InChI is InChI=1S/C20H28N4O2/c1-3-24-10-11-25-19(20(24)17-8-9-22-23(17)2)13-21-16-12-15-6-4-5-7-18(15)26-14-16/h4-9,16,19-21H,3,10-14H2,1-2H3/t16?,19-,20-/m0/s1. The molecule has 0 aliphatic carbocycles. The van der Waals surface area contributed by atoms with Crippen LogP contribution in [0.3, 0.4) is 0 Å². The number of fused-ring (bicyclic) bond motifs is 1. The highest BCUT2D eigenvalue weighted by atomic mass is 16.5. The molecule has 0 radical (unpaired) electrons. The average Bonchev–Trinajstić information content (AvgIpc) is 3.11. The minimum absolute atomic E-state index is 0.108. The van der Waals surface area contributed by atoms with Crippen LogP contribution in [0, 0.1) is 0 Å². The second kappa shape index (κ2) is 7.78. The van der Waals surface area contributed by atoms with Gasteiger partial charge in [0.1, 0.15) is 12.4 Å². The van der Waals surface area contributed by atoms with Crippen molar-refractivity contribution in [3.05, 3.63) is 47.8 Å². The average molecular weight is 356 g/mol. The zero-order valence-electron chi connectivity index (χ0n) is 15.6. The number of nitrogens with one attached hydrogen (secondary N) is 1. The SMILES string of the molecule is CCN1CCO[C@@H](CNC2COc3ccccc3C2)[C@@H]1c1ccnn1C. The Hall–Kier alpha value is -1.89. The Balaban J connectivity index is 1.44. The number of hydrogen-bond acceptors (Lipinski definition) is 5. The summed E-state index contributed by atoms with van der Waals surface area (Å²) in [5, 5.41) is 8.05. The van der Waals surface area contributed by atoms with Crippen LogP contribution in [0.2, 0.25) is 0 Å². The first-order chi connectivity index (χ1) is 12.8. The fraction of sp³-hybridized carbons (Fsp3) is 0.550. The van der Waals surface area contributed by atoms with Crippen molar-refractivity contribution in [2.45, 2.75) is 31.5 Å². The predicted octanol–water partition coefficient (Wildman–Crippen LogP) is 1.78. The molecule has 3 atom stereocenters. The lowest BCUT2D eigenvalue weighted by Crippen LogP contribution is -2.52. The third-order valence-electron chi connectivity index (χ3n) is 5.51. The van der Waals surface area contributed by atoms with Crippen LogP contribution in [0.15, 0.2) is 36.5 Å². The minimum atomic E-state index is 0.108. The molecule has 1 aromatic heterocycles. The summed E-state index contributed by atoms with van der Waals surface area (Å²) in [5.41, 5.74) is 2.49. The van der Waals surface area contributed by atoms with E-state index < -0.39 is 0 Å². The Morgan fingerprint density at radius 3 is 2.96 bits per heavy atom. The topological polar surface area (TPSA) is 51.6 Å². The molecule has 0 saturated carbocycles. The van der Waals surface area contributed by atoms with Crippen LogP contribution in [0.4, 0.5) is 0 Å². The third-order valence-corrected chi connectivity index (χ3v) is 5.51. The molecule has 1 unspecified atom stereocenters.